The van der Waals surface area contributed by atoms with Gasteiger partial charge in [-0.1, -0.05) is 6.07 Å². The first-order chi connectivity index (χ1) is 11.1. The Morgan fingerprint density at radius 1 is 1.13 bits per heavy atom. The van der Waals surface area contributed by atoms with Crippen LogP contribution in [0.4, 0.5) is 5.69 Å². The average Bonchev–Trinajstić information content (AvgIpc) is 2.55. The van der Waals surface area contributed by atoms with E-state index in [1.807, 2.05) is 32.0 Å². The number of rotatable bonds is 7. The van der Waals surface area contributed by atoms with Crippen LogP contribution in [-0.4, -0.2) is 30.5 Å². The Balaban J connectivity index is 2.27. The Morgan fingerprint density at radius 3 is 2.61 bits per heavy atom. The highest BCUT2D eigenvalue weighted by Gasteiger charge is 2.05. The Hall–Kier alpha value is -2.82. The first-order valence-corrected chi connectivity index (χ1v) is 7.41. The van der Waals surface area contributed by atoms with Crippen LogP contribution >= 0.6 is 0 Å². The first kappa shape index (κ1) is 16.5. The van der Waals surface area contributed by atoms with Crippen molar-refractivity contribution in [3.05, 3.63) is 53.6 Å². The minimum absolute atomic E-state index is 0.205. The largest absolute Gasteiger partial charge is 0.494 e. The van der Waals surface area contributed by atoms with E-state index in [9.17, 15) is 4.79 Å². The maximum absolute atomic E-state index is 11.0. The molecule has 0 aromatic heterocycles. The third-order valence-corrected chi connectivity index (χ3v) is 3.04. The average molecular weight is 313 g/mol. The van der Waals surface area contributed by atoms with E-state index in [2.05, 4.69) is 4.99 Å². The van der Waals surface area contributed by atoms with E-state index in [0.717, 1.165) is 11.3 Å². The second-order valence-electron chi connectivity index (χ2n) is 4.68. The van der Waals surface area contributed by atoms with Crippen molar-refractivity contribution in [3.8, 4) is 11.5 Å². The Morgan fingerprint density at radius 2 is 1.91 bits per heavy atom. The zero-order chi connectivity index (χ0) is 16.7. The van der Waals surface area contributed by atoms with E-state index in [1.165, 1.54) is 12.1 Å². The summed E-state index contributed by atoms with van der Waals surface area (Å²) in [5, 5.41) is 9.00. The van der Waals surface area contributed by atoms with E-state index < -0.39 is 5.97 Å². The number of hydrogen-bond donors (Lipinski definition) is 1. The van der Waals surface area contributed by atoms with Crippen molar-refractivity contribution < 1.29 is 19.4 Å². The van der Waals surface area contributed by atoms with Gasteiger partial charge in [-0.2, -0.15) is 0 Å². The van der Waals surface area contributed by atoms with Crippen LogP contribution in [0.2, 0.25) is 0 Å². The van der Waals surface area contributed by atoms with Crippen molar-refractivity contribution in [2.45, 2.75) is 13.8 Å². The van der Waals surface area contributed by atoms with Crippen LogP contribution in [0.1, 0.15) is 29.8 Å². The predicted octanol–water partition coefficient (Wildman–Crippen LogP) is 3.93. The number of benzene rings is 2. The van der Waals surface area contributed by atoms with Gasteiger partial charge < -0.3 is 14.6 Å². The lowest BCUT2D eigenvalue weighted by Crippen LogP contribution is -1.98. The van der Waals surface area contributed by atoms with Gasteiger partial charge in [0.1, 0.15) is 11.5 Å². The molecule has 23 heavy (non-hydrogen) atoms. The van der Waals surface area contributed by atoms with Gasteiger partial charge in [0, 0.05) is 17.8 Å². The minimum Gasteiger partial charge on any atom is -0.494 e. The smallest absolute Gasteiger partial charge is 0.335 e. The molecular formula is C18H19NO4. The molecule has 0 radical (unpaired) electrons. The number of carboxylic acid groups (broad SMARTS) is 1. The summed E-state index contributed by atoms with van der Waals surface area (Å²) >= 11 is 0. The highest BCUT2D eigenvalue weighted by molar-refractivity contribution is 5.90. The predicted molar refractivity (Wildman–Crippen MR) is 89.4 cm³/mol. The molecule has 2 aromatic carbocycles. The Kier molecular flexibility index (Phi) is 5.74. The van der Waals surface area contributed by atoms with Crippen LogP contribution in [0, 0.1) is 0 Å². The third kappa shape index (κ3) is 4.57. The molecule has 0 aliphatic heterocycles. The normalized spacial score (nSPS) is 10.7. The maximum Gasteiger partial charge on any atom is 0.335 e. The number of aliphatic imine (C=N–C) groups is 1. The highest BCUT2D eigenvalue weighted by atomic mass is 16.5. The molecule has 0 fully saturated rings. The highest BCUT2D eigenvalue weighted by Crippen LogP contribution is 2.25. The molecule has 1 N–H and O–H groups in total. The van der Waals surface area contributed by atoms with Crippen LogP contribution in [0.15, 0.2) is 47.5 Å². The van der Waals surface area contributed by atoms with Gasteiger partial charge in [-0.05, 0) is 44.2 Å². The molecule has 2 rings (SSSR count). The zero-order valence-corrected chi connectivity index (χ0v) is 13.2. The Labute approximate surface area is 135 Å². The summed E-state index contributed by atoms with van der Waals surface area (Å²) in [4.78, 5) is 15.3. The maximum atomic E-state index is 11.0. The summed E-state index contributed by atoms with van der Waals surface area (Å²) in [6.45, 7) is 4.95. The van der Waals surface area contributed by atoms with Gasteiger partial charge in [0.05, 0.1) is 24.5 Å². The summed E-state index contributed by atoms with van der Waals surface area (Å²) in [7, 11) is 0. The Bertz CT molecular complexity index is 710. The van der Waals surface area contributed by atoms with Gasteiger partial charge in [0.25, 0.3) is 0 Å². The van der Waals surface area contributed by atoms with Gasteiger partial charge in [0.2, 0.25) is 0 Å². The molecule has 0 bridgehead atoms. The molecule has 0 atom stereocenters. The fourth-order valence-corrected chi connectivity index (χ4v) is 2.02. The van der Waals surface area contributed by atoms with E-state index in [1.54, 1.807) is 18.3 Å². The fourth-order valence-electron chi connectivity index (χ4n) is 2.02. The quantitative estimate of drug-likeness (QED) is 0.786. The molecular weight excluding hydrogens is 294 g/mol. The summed E-state index contributed by atoms with van der Waals surface area (Å²) in [6, 6.07) is 12.0. The van der Waals surface area contributed by atoms with Crippen LogP contribution in [0.5, 0.6) is 11.5 Å². The van der Waals surface area contributed by atoms with Crippen molar-refractivity contribution in [1.29, 1.82) is 0 Å². The topological polar surface area (TPSA) is 68.1 Å². The van der Waals surface area contributed by atoms with Gasteiger partial charge in [-0.25, -0.2) is 4.79 Å². The second kappa shape index (κ2) is 7.98. The van der Waals surface area contributed by atoms with Crippen molar-refractivity contribution in [3.63, 3.8) is 0 Å². The van der Waals surface area contributed by atoms with E-state index in [-0.39, 0.29) is 5.56 Å². The number of nitrogens with zero attached hydrogens (tertiary/aromatic N) is 1. The lowest BCUT2D eigenvalue weighted by atomic mass is 10.2. The number of carboxylic acids is 1. The van der Waals surface area contributed by atoms with Crippen LogP contribution < -0.4 is 9.47 Å². The van der Waals surface area contributed by atoms with Crippen molar-refractivity contribution >= 4 is 17.9 Å². The summed E-state index contributed by atoms with van der Waals surface area (Å²) in [5.74, 6) is 0.440. The standard InChI is InChI=1S/C18H19NO4/c1-3-22-16-9-8-14(17(11-16)23-4-2)12-19-15-7-5-6-13(10-15)18(20)21/h5-12H,3-4H2,1-2H3,(H,20,21). The fraction of sp³-hybridized carbons (Fsp3) is 0.222. The molecule has 5 heteroatoms. The number of aromatic carboxylic acids is 1. The minimum atomic E-state index is -0.974. The van der Waals surface area contributed by atoms with Crippen molar-refractivity contribution in [1.82, 2.24) is 0 Å². The number of ether oxygens (including phenoxy) is 2. The molecule has 0 spiro atoms. The number of hydrogen-bond acceptors (Lipinski definition) is 4. The lowest BCUT2D eigenvalue weighted by molar-refractivity contribution is 0.0697. The molecule has 5 nitrogen and oxygen atoms in total. The number of carbonyl (C=O) groups is 1. The summed E-state index contributed by atoms with van der Waals surface area (Å²) in [5.41, 5.74) is 1.58. The molecule has 120 valence electrons. The molecule has 0 saturated carbocycles. The monoisotopic (exact) mass is 313 g/mol. The van der Waals surface area contributed by atoms with Crippen LogP contribution in [0.25, 0.3) is 0 Å². The van der Waals surface area contributed by atoms with Crippen LogP contribution in [-0.2, 0) is 0 Å². The molecule has 0 amide bonds. The van der Waals surface area contributed by atoms with Gasteiger partial charge in [-0.15, -0.1) is 0 Å². The SMILES string of the molecule is CCOc1ccc(C=Nc2cccc(C(=O)O)c2)c(OCC)c1. The van der Waals surface area contributed by atoms with Crippen molar-refractivity contribution in [2.75, 3.05) is 13.2 Å². The molecule has 0 heterocycles. The van der Waals surface area contributed by atoms with E-state index >= 15 is 0 Å². The summed E-state index contributed by atoms with van der Waals surface area (Å²) in [6.07, 6.45) is 1.65. The van der Waals surface area contributed by atoms with E-state index in [0.29, 0.717) is 24.7 Å². The molecule has 0 aliphatic carbocycles. The first-order valence-electron chi connectivity index (χ1n) is 7.41. The zero-order valence-electron chi connectivity index (χ0n) is 13.2. The van der Waals surface area contributed by atoms with Crippen LogP contribution in [0.3, 0.4) is 0 Å². The van der Waals surface area contributed by atoms with Gasteiger partial charge in [0.15, 0.2) is 0 Å². The third-order valence-electron chi connectivity index (χ3n) is 3.04. The van der Waals surface area contributed by atoms with Gasteiger partial charge >= 0.3 is 5.97 Å². The molecule has 0 aliphatic rings. The summed E-state index contributed by atoms with van der Waals surface area (Å²) < 4.78 is 11.1. The molecule has 2 aromatic rings. The van der Waals surface area contributed by atoms with E-state index in [4.69, 9.17) is 14.6 Å². The molecule has 0 unspecified atom stereocenters. The molecule has 0 saturated heterocycles. The van der Waals surface area contributed by atoms with Gasteiger partial charge in [-0.3, -0.25) is 4.99 Å². The second-order valence-corrected chi connectivity index (χ2v) is 4.68. The lowest BCUT2D eigenvalue weighted by Gasteiger charge is -2.10. The van der Waals surface area contributed by atoms with Crippen molar-refractivity contribution in [2.24, 2.45) is 4.99 Å².